The van der Waals surface area contributed by atoms with Crippen molar-refractivity contribution in [1.82, 2.24) is 31.9 Å². The normalized spacial score (nSPS) is 16.2. The first-order valence-corrected chi connectivity index (χ1v) is 30.7. The Kier molecular flexibility index (Phi) is 26.0. The molecular weight excluding hydrogens is 1270 g/mol. The van der Waals surface area contributed by atoms with Crippen LogP contribution in [0, 0.1) is 17.5 Å². The number of rotatable bonds is 22. The second-order valence-electron chi connectivity index (χ2n) is 23.6. The van der Waals surface area contributed by atoms with Crippen molar-refractivity contribution in [2.24, 2.45) is 11.5 Å². The zero-order chi connectivity index (χ0) is 70.7. The molecule has 0 aromatic heterocycles. The average molecular weight is 1350 g/mol. The maximum Gasteiger partial charge on any atom is 0.414 e. The number of anilines is 3. The summed E-state index contributed by atoms with van der Waals surface area (Å²) in [4.78, 5) is 109. The van der Waals surface area contributed by atoms with E-state index in [1.54, 1.807) is 106 Å². The summed E-state index contributed by atoms with van der Waals surface area (Å²) in [6, 6.07) is 32.4. The summed E-state index contributed by atoms with van der Waals surface area (Å²) in [5.74, 6) is -3.18. The van der Waals surface area contributed by atoms with Gasteiger partial charge in [0, 0.05) is 57.1 Å². The van der Waals surface area contributed by atoms with Gasteiger partial charge >= 0.3 is 24.4 Å². The molecule has 3 fully saturated rings. The van der Waals surface area contributed by atoms with Crippen LogP contribution in [0.5, 0.6) is 0 Å². The molecule has 0 aliphatic carbocycles. The van der Waals surface area contributed by atoms with Crippen LogP contribution in [-0.2, 0) is 62.6 Å². The number of nitrogens with zero attached hydrogens (tertiary/aromatic N) is 3. The van der Waals surface area contributed by atoms with Crippen molar-refractivity contribution in [1.29, 1.82) is 0 Å². The molecule has 0 radical (unpaired) electrons. The van der Waals surface area contributed by atoms with Crippen molar-refractivity contribution in [2.45, 2.75) is 97.2 Å². The lowest BCUT2D eigenvalue weighted by atomic mass is 10.0. The fraction of sp³-hybridized carbons (Fsp3) is 0.338. The Hall–Kier alpha value is -10.6. The molecule has 29 heteroatoms. The molecule has 3 aliphatic rings. The van der Waals surface area contributed by atoms with Gasteiger partial charge in [0.1, 0.15) is 53.4 Å². The first-order chi connectivity index (χ1) is 46.1. The first kappa shape index (κ1) is 73.8. The highest BCUT2D eigenvalue weighted by Gasteiger charge is 2.36. The molecular formula is C68H78F3N11O15. The number of aliphatic hydroxyl groups excluding tert-OH is 2. The Morgan fingerprint density at radius 2 is 0.845 bits per heavy atom. The summed E-state index contributed by atoms with van der Waals surface area (Å²) < 4.78 is 65.1. The van der Waals surface area contributed by atoms with E-state index in [0.29, 0.717) is 57.0 Å². The van der Waals surface area contributed by atoms with Gasteiger partial charge in [-0.05, 0) is 109 Å². The molecule has 0 bridgehead atoms. The topological polar surface area (TPSA) is 365 Å². The number of nitrogens with one attached hydrogen (secondary N) is 6. The van der Waals surface area contributed by atoms with Crippen molar-refractivity contribution in [2.75, 3.05) is 67.2 Å². The van der Waals surface area contributed by atoms with Crippen molar-refractivity contribution < 1.29 is 85.5 Å². The third-order valence-electron chi connectivity index (χ3n) is 14.8. The molecule has 0 saturated carbocycles. The lowest BCUT2D eigenvalue weighted by molar-refractivity contribution is -0.124. The molecule has 0 spiro atoms. The number of cyclic esters (lactones) is 3. The number of halogens is 3. The molecule has 0 unspecified atom stereocenters. The lowest BCUT2D eigenvalue weighted by Gasteiger charge is -2.22. The number of amides is 9. The van der Waals surface area contributed by atoms with Crippen LogP contribution in [0.1, 0.15) is 58.2 Å². The summed E-state index contributed by atoms with van der Waals surface area (Å²) in [5.41, 5.74) is 16.9. The minimum Gasteiger partial charge on any atom is -0.444 e. The molecule has 12 N–H and O–H groups in total. The molecule has 3 aliphatic heterocycles. The average Bonchev–Trinajstić information content (AvgIpc) is 1.80. The predicted octanol–water partition coefficient (Wildman–Crippen LogP) is 5.76. The van der Waals surface area contributed by atoms with Gasteiger partial charge in [-0.1, -0.05) is 72.8 Å². The van der Waals surface area contributed by atoms with Gasteiger partial charge in [-0.15, -0.1) is 0 Å². The van der Waals surface area contributed by atoms with Crippen LogP contribution < -0.4 is 58.1 Å². The first-order valence-electron chi connectivity index (χ1n) is 30.7. The van der Waals surface area contributed by atoms with Crippen LogP contribution in [0.2, 0.25) is 0 Å². The molecule has 3 saturated heterocycles. The van der Waals surface area contributed by atoms with Crippen molar-refractivity contribution in [3.8, 4) is 33.4 Å². The standard InChI is InChI=1S/C27H33FN4O7.C22H25FN4O5.C19H20FN3O3/c1-16(34)29-13-20-14-32(26(37)38-20)19-9-10-21(22(28)11-19)18-7-5-17(6-8-18)12-30-24(35)23(15-33)31-25(36)39-27(2,3)4;1-13(29)25-10-17-11-27(22(31)32-17)16-6-7-18(19(23)8-16)15-4-2-14(3-5-15)9-26-21(30)20(24)12-28;1-12(24)22-10-16-11-23(19(25)26-16)15-6-7-17(18(20)8-15)14-4-2-13(9-21)3-5-14/h5-11,20,23,33H,12-15H2,1-4H3,(H,29,34)(H,30,35)(H,31,36);2-8,17,20,28H,9-12,24H2,1H3,(H,25,29)(H,26,30);2-8,16H,9-11,21H2,1H3,(H,22,24)/t20-,23+;17-,20+;16-/m000/s1. The maximum atomic E-state index is 15.0. The van der Waals surface area contributed by atoms with Crippen molar-refractivity contribution in [3.05, 3.63) is 162 Å². The van der Waals surface area contributed by atoms with E-state index in [-0.39, 0.29) is 70.1 Å². The van der Waals surface area contributed by atoms with E-state index in [4.69, 9.17) is 35.5 Å². The summed E-state index contributed by atoms with van der Waals surface area (Å²) in [7, 11) is 0. The van der Waals surface area contributed by atoms with Crippen LogP contribution >= 0.6 is 0 Å². The second-order valence-corrected chi connectivity index (χ2v) is 23.6. The third kappa shape index (κ3) is 21.4. The molecule has 9 amide bonds. The fourth-order valence-electron chi connectivity index (χ4n) is 9.79. The molecule has 6 aromatic rings. The molecule has 3 heterocycles. The zero-order valence-electron chi connectivity index (χ0n) is 54.1. The van der Waals surface area contributed by atoms with E-state index in [1.807, 2.05) is 24.3 Å². The van der Waals surface area contributed by atoms with Gasteiger partial charge in [-0.2, -0.15) is 0 Å². The monoisotopic (exact) mass is 1350 g/mol. The van der Waals surface area contributed by atoms with Gasteiger partial charge in [0.15, 0.2) is 0 Å². The molecule has 26 nitrogen and oxygen atoms in total. The zero-order valence-corrected chi connectivity index (χ0v) is 54.1. The molecule has 5 atom stereocenters. The Labute approximate surface area is 557 Å². The smallest absolute Gasteiger partial charge is 0.414 e. The quantitative estimate of drug-likeness (QED) is 0.0361. The number of carbonyl (C=O) groups excluding carboxylic acids is 9. The number of carbonyl (C=O) groups is 9. The van der Waals surface area contributed by atoms with Gasteiger partial charge in [0.2, 0.25) is 29.5 Å². The minimum atomic E-state index is -1.18. The summed E-state index contributed by atoms with van der Waals surface area (Å²) in [6.07, 6.45) is -4.08. The van der Waals surface area contributed by atoms with Crippen molar-refractivity contribution >= 4 is 71.0 Å². The van der Waals surface area contributed by atoms with Crippen LogP contribution in [0.3, 0.4) is 0 Å². The predicted molar refractivity (Wildman–Crippen MR) is 351 cm³/mol. The Morgan fingerprint density at radius 3 is 1.13 bits per heavy atom. The van der Waals surface area contributed by atoms with E-state index in [2.05, 4.69) is 31.9 Å². The second kappa shape index (κ2) is 34.2. The molecule has 516 valence electrons. The Morgan fingerprint density at radius 1 is 0.515 bits per heavy atom. The molecule has 9 rings (SSSR count). The van der Waals surface area contributed by atoms with Gasteiger partial charge < -0.3 is 72.5 Å². The van der Waals surface area contributed by atoms with E-state index >= 15 is 0 Å². The van der Waals surface area contributed by atoms with Crippen LogP contribution in [0.15, 0.2) is 127 Å². The Bertz CT molecular complexity index is 3810. The number of benzene rings is 6. The maximum absolute atomic E-state index is 15.0. The number of nitrogens with two attached hydrogens (primary N) is 2. The third-order valence-corrected chi connectivity index (χ3v) is 14.8. The van der Waals surface area contributed by atoms with Crippen LogP contribution in [0.4, 0.5) is 49.4 Å². The van der Waals surface area contributed by atoms with Gasteiger partial charge in [0.05, 0.1) is 69.5 Å². The van der Waals surface area contributed by atoms with E-state index < -0.39 is 103 Å². The minimum absolute atomic E-state index is 0.115. The SMILES string of the molecule is CC(=O)NC[C@H]1CN(c2ccc(-c3ccc(CN)cc3)c(F)c2)C(=O)O1.CC(=O)NC[C@H]1CN(c2ccc(-c3ccc(CNC(=O)[C@@H](CO)NC(=O)OC(C)(C)C)cc3)c(F)c2)C(=O)O1.CC(=O)NC[C@H]1CN(c2ccc(-c3ccc(CNC(=O)[C@H](N)CO)cc3)c(F)c2)C(=O)O1. The van der Waals surface area contributed by atoms with Crippen LogP contribution in [0.25, 0.3) is 33.4 Å². The largest absolute Gasteiger partial charge is 0.444 e. The number of ether oxygens (including phenoxy) is 4. The van der Waals surface area contributed by atoms with Crippen molar-refractivity contribution in [3.63, 3.8) is 0 Å². The van der Waals surface area contributed by atoms with Gasteiger partial charge in [-0.25, -0.2) is 32.3 Å². The Balaban J connectivity index is 0.000000209. The highest BCUT2D eigenvalue weighted by Crippen LogP contribution is 2.33. The highest BCUT2D eigenvalue weighted by molar-refractivity contribution is 5.92. The number of alkyl carbamates (subject to hydrolysis) is 1. The van der Waals surface area contributed by atoms with E-state index in [1.165, 1.54) is 53.7 Å². The number of hydrogen-bond acceptors (Lipinski definition) is 17. The van der Waals surface area contributed by atoms with E-state index in [9.17, 15) is 61.4 Å². The summed E-state index contributed by atoms with van der Waals surface area (Å²) in [6.45, 7) is 10.1. The number of aliphatic hydroxyl groups is 2. The van der Waals surface area contributed by atoms with E-state index in [0.717, 1.165) is 16.7 Å². The summed E-state index contributed by atoms with van der Waals surface area (Å²) in [5, 5.41) is 33.7. The van der Waals surface area contributed by atoms with Crippen LogP contribution in [-0.4, -0.2) is 153 Å². The fourth-order valence-corrected chi connectivity index (χ4v) is 9.79. The lowest BCUT2D eigenvalue weighted by Crippen LogP contribution is -2.49. The highest BCUT2D eigenvalue weighted by atomic mass is 19.1. The summed E-state index contributed by atoms with van der Waals surface area (Å²) >= 11 is 0. The number of hydrogen-bond donors (Lipinski definition) is 10. The van der Waals surface area contributed by atoms with Gasteiger partial charge in [0.25, 0.3) is 0 Å². The van der Waals surface area contributed by atoms with Gasteiger partial charge in [-0.3, -0.25) is 38.7 Å². The molecule has 97 heavy (non-hydrogen) atoms. The molecule has 6 aromatic carbocycles.